The van der Waals surface area contributed by atoms with Crippen molar-refractivity contribution in [1.82, 2.24) is 0 Å². The molecule has 0 fully saturated rings. The Bertz CT molecular complexity index is 1660. The van der Waals surface area contributed by atoms with Crippen molar-refractivity contribution in [1.29, 1.82) is 0 Å². The molecule has 0 amide bonds. The van der Waals surface area contributed by atoms with Gasteiger partial charge in [0.2, 0.25) is 0 Å². The SMILES string of the molecule is Fc1ccc([S+](c2ccccc2)c2ccccc2)cc1.c1ccc([B-](c2ccccc2)(c2ccccc2)c2ccccc2)cc1. The van der Waals surface area contributed by atoms with Gasteiger partial charge in [-0.2, -0.15) is 21.9 Å². The predicted octanol–water partition coefficient (Wildman–Crippen LogP) is 7.99. The number of halogens is 1. The minimum absolute atomic E-state index is 0.190. The van der Waals surface area contributed by atoms with Gasteiger partial charge in [0, 0.05) is 0 Å². The second kappa shape index (κ2) is 14.6. The zero-order valence-electron chi connectivity index (χ0n) is 25.0. The lowest BCUT2D eigenvalue weighted by atomic mass is 9.13. The lowest BCUT2D eigenvalue weighted by Crippen LogP contribution is -2.74. The molecule has 0 aliphatic rings. The molecule has 7 aromatic carbocycles. The van der Waals surface area contributed by atoms with Crippen LogP contribution >= 0.6 is 0 Å². The fraction of sp³-hybridized carbons (Fsp3) is 0. The molecule has 0 aliphatic carbocycles. The van der Waals surface area contributed by atoms with Crippen molar-refractivity contribution >= 4 is 38.9 Å². The lowest BCUT2D eigenvalue weighted by molar-refractivity contribution is 0.626. The normalized spacial score (nSPS) is 11.0. The maximum atomic E-state index is 13.2. The third-order valence-electron chi connectivity index (χ3n) is 8.21. The predicted molar refractivity (Wildman–Crippen MR) is 192 cm³/mol. The Hall–Kier alpha value is -5.12. The fourth-order valence-corrected chi connectivity index (χ4v) is 8.30. The molecule has 0 N–H and O–H groups in total. The Morgan fingerprint density at radius 2 is 0.533 bits per heavy atom. The molecule has 218 valence electrons. The molecule has 0 radical (unpaired) electrons. The van der Waals surface area contributed by atoms with Crippen LogP contribution in [0.15, 0.2) is 221 Å². The van der Waals surface area contributed by atoms with E-state index in [0.29, 0.717) is 0 Å². The first kappa shape index (κ1) is 29.9. The van der Waals surface area contributed by atoms with E-state index in [1.165, 1.54) is 43.8 Å². The van der Waals surface area contributed by atoms with Gasteiger partial charge in [0.25, 0.3) is 0 Å². The van der Waals surface area contributed by atoms with Crippen LogP contribution in [0.1, 0.15) is 0 Å². The Labute approximate surface area is 269 Å². The van der Waals surface area contributed by atoms with E-state index in [1.54, 1.807) is 0 Å². The van der Waals surface area contributed by atoms with Crippen LogP contribution in [0.5, 0.6) is 0 Å². The average molecular weight is 601 g/mol. The number of benzene rings is 7. The van der Waals surface area contributed by atoms with E-state index >= 15 is 0 Å². The van der Waals surface area contributed by atoms with Crippen molar-refractivity contribution in [3.63, 3.8) is 0 Å². The van der Waals surface area contributed by atoms with Crippen LogP contribution in [0, 0.1) is 5.82 Å². The lowest BCUT2D eigenvalue weighted by Gasteiger charge is -2.44. The zero-order chi connectivity index (χ0) is 30.7. The van der Waals surface area contributed by atoms with E-state index in [1.807, 2.05) is 48.5 Å². The van der Waals surface area contributed by atoms with Gasteiger partial charge in [-0.05, 0) is 48.5 Å². The quantitative estimate of drug-likeness (QED) is 0.129. The van der Waals surface area contributed by atoms with Crippen LogP contribution < -0.4 is 21.9 Å². The molecule has 0 atom stereocenters. The summed E-state index contributed by atoms with van der Waals surface area (Å²) >= 11 is 0. The van der Waals surface area contributed by atoms with Gasteiger partial charge >= 0.3 is 0 Å². The van der Waals surface area contributed by atoms with E-state index in [4.69, 9.17) is 0 Å². The zero-order valence-corrected chi connectivity index (χ0v) is 25.8. The standard InChI is InChI=1S/C24H20B.C18H14FS/c1-5-13-21(14-6-1)25(22-15-7-2-8-16-22,23-17-9-3-10-18-23)24-19-11-4-12-20-24;19-15-11-13-18(14-12-15)20(16-7-3-1-4-8-16)17-9-5-2-6-10-17/h1-20H;1-14H/q-1;+1. The fourth-order valence-electron chi connectivity index (χ4n) is 6.21. The smallest absolute Gasteiger partial charge is 0.166 e. The van der Waals surface area contributed by atoms with Gasteiger partial charge in [-0.1, -0.05) is 158 Å². The summed E-state index contributed by atoms with van der Waals surface area (Å²) in [4.78, 5) is 3.61. The van der Waals surface area contributed by atoms with E-state index in [2.05, 4.69) is 146 Å². The van der Waals surface area contributed by atoms with E-state index in [-0.39, 0.29) is 16.7 Å². The number of rotatable bonds is 7. The van der Waals surface area contributed by atoms with E-state index in [9.17, 15) is 4.39 Å². The highest BCUT2D eigenvalue weighted by atomic mass is 32.2. The Morgan fingerprint density at radius 1 is 0.289 bits per heavy atom. The van der Waals surface area contributed by atoms with Gasteiger partial charge < -0.3 is 0 Å². The van der Waals surface area contributed by atoms with Gasteiger partial charge in [-0.25, -0.2) is 4.39 Å². The summed E-state index contributed by atoms with van der Waals surface area (Å²) < 4.78 is 13.2. The molecule has 45 heavy (non-hydrogen) atoms. The molecular weight excluding hydrogens is 566 g/mol. The van der Waals surface area contributed by atoms with Crippen molar-refractivity contribution < 1.29 is 4.39 Å². The molecule has 0 spiro atoms. The molecule has 0 unspecified atom stereocenters. The summed E-state index contributed by atoms with van der Waals surface area (Å²) in [6.07, 6.45) is -1.22. The maximum absolute atomic E-state index is 13.2. The molecular formula is C42H34BFS. The monoisotopic (exact) mass is 600 g/mol. The summed E-state index contributed by atoms with van der Waals surface area (Å²) in [5.74, 6) is -0.196. The van der Waals surface area contributed by atoms with Crippen molar-refractivity contribution in [2.24, 2.45) is 0 Å². The second-order valence-corrected chi connectivity index (χ2v) is 12.9. The summed E-state index contributed by atoms with van der Waals surface area (Å²) in [5, 5.41) is 0. The summed E-state index contributed by atoms with van der Waals surface area (Å²) in [7, 11) is -0.190. The molecule has 0 heterocycles. The molecule has 0 nitrogen and oxygen atoms in total. The molecule has 0 saturated carbocycles. The Kier molecular flexibility index (Phi) is 9.69. The van der Waals surface area contributed by atoms with Crippen molar-refractivity contribution in [2.45, 2.75) is 14.7 Å². The van der Waals surface area contributed by atoms with E-state index in [0.717, 1.165) is 4.90 Å². The van der Waals surface area contributed by atoms with Gasteiger partial charge in [0.15, 0.2) is 14.7 Å². The van der Waals surface area contributed by atoms with Crippen LogP contribution in [0.25, 0.3) is 0 Å². The minimum atomic E-state index is -1.22. The minimum Gasteiger partial charge on any atom is -0.207 e. The van der Waals surface area contributed by atoms with Crippen LogP contribution in [0.4, 0.5) is 4.39 Å². The van der Waals surface area contributed by atoms with Gasteiger partial charge in [-0.3, -0.25) is 0 Å². The van der Waals surface area contributed by atoms with Crippen molar-refractivity contribution in [3.8, 4) is 0 Å². The molecule has 0 aromatic heterocycles. The van der Waals surface area contributed by atoms with Gasteiger partial charge in [0.05, 0.1) is 10.9 Å². The molecule has 0 saturated heterocycles. The summed E-state index contributed by atoms with van der Waals surface area (Å²) in [5.41, 5.74) is 5.36. The number of hydrogen-bond donors (Lipinski definition) is 0. The van der Waals surface area contributed by atoms with Crippen molar-refractivity contribution in [2.75, 3.05) is 0 Å². The van der Waals surface area contributed by atoms with E-state index < -0.39 is 6.15 Å². The first-order chi connectivity index (χ1) is 22.3. The first-order valence-electron chi connectivity index (χ1n) is 15.2. The molecule has 0 aliphatic heterocycles. The highest BCUT2D eigenvalue weighted by Gasteiger charge is 2.31. The Balaban J connectivity index is 0.000000163. The highest BCUT2D eigenvalue weighted by molar-refractivity contribution is 7.97. The van der Waals surface area contributed by atoms with Gasteiger partial charge in [-0.15, -0.1) is 0 Å². The van der Waals surface area contributed by atoms with Crippen LogP contribution in [0.3, 0.4) is 0 Å². The average Bonchev–Trinajstić information content (AvgIpc) is 3.13. The topological polar surface area (TPSA) is 0 Å². The Morgan fingerprint density at radius 3 is 0.822 bits per heavy atom. The first-order valence-corrected chi connectivity index (χ1v) is 16.5. The maximum Gasteiger partial charge on any atom is 0.166 e. The largest absolute Gasteiger partial charge is 0.207 e. The van der Waals surface area contributed by atoms with Crippen LogP contribution in [-0.4, -0.2) is 6.15 Å². The molecule has 7 rings (SSSR count). The summed E-state index contributed by atoms with van der Waals surface area (Å²) in [6, 6.07) is 71.0. The third kappa shape index (κ3) is 6.70. The summed E-state index contributed by atoms with van der Waals surface area (Å²) in [6.45, 7) is 0. The number of hydrogen-bond acceptors (Lipinski definition) is 0. The third-order valence-corrected chi connectivity index (χ3v) is 10.4. The van der Waals surface area contributed by atoms with Gasteiger partial charge in [0.1, 0.15) is 12.0 Å². The highest BCUT2D eigenvalue weighted by Crippen LogP contribution is 2.30. The molecule has 0 bridgehead atoms. The molecule has 7 aromatic rings. The molecule has 3 heteroatoms. The van der Waals surface area contributed by atoms with Crippen LogP contribution in [-0.2, 0) is 10.9 Å². The van der Waals surface area contributed by atoms with Crippen LogP contribution in [0.2, 0.25) is 0 Å². The van der Waals surface area contributed by atoms with Crippen molar-refractivity contribution in [3.05, 3.63) is 212 Å². The second-order valence-electron chi connectivity index (χ2n) is 10.9.